The number of aryl methyl sites for hydroxylation is 2. The van der Waals surface area contributed by atoms with Gasteiger partial charge < -0.3 is 10.1 Å². The molecule has 0 heterocycles. The van der Waals surface area contributed by atoms with Gasteiger partial charge in [-0.2, -0.15) is 0 Å². The van der Waals surface area contributed by atoms with E-state index in [2.05, 4.69) is 5.32 Å². The number of ether oxygens (including phenoxy) is 1. The fourth-order valence-corrected chi connectivity index (χ4v) is 2.73. The molecule has 0 bridgehead atoms. The first-order valence-corrected chi connectivity index (χ1v) is 8.07. The van der Waals surface area contributed by atoms with E-state index in [0.717, 1.165) is 16.7 Å². The SMILES string of the molecule is CO[C@H](CNC(=O)CCc1cccc(Cl)c1)c1ccccc1C. The molecule has 0 radical (unpaired) electrons. The topological polar surface area (TPSA) is 38.3 Å². The van der Waals surface area contributed by atoms with Crippen LogP contribution in [-0.2, 0) is 16.0 Å². The monoisotopic (exact) mass is 331 g/mol. The molecule has 2 aromatic rings. The Balaban J connectivity index is 1.84. The summed E-state index contributed by atoms with van der Waals surface area (Å²) < 4.78 is 5.51. The molecule has 0 aliphatic rings. The zero-order valence-electron chi connectivity index (χ0n) is 13.5. The van der Waals surface area contributed by atoms with Crippen molar-refractivity contribution in [1.29, 1.82) is 0 Å². The number of hydrogen-bond donors (Lipinski definition) is 1. The van der Waals surface area contributed by atoms with Crippen LogP contribution in [-0.4, -0.2) is 19.6 Å². The van der Waals surface area contributed by atoms with Crippen molar-refractivity contribution in [3.05, 3.63) is 70.2 Å². The van der Waals surface area contributed by atoms with Crippen molar-refractivity contribution in [2.24, 2.45) is 0 Å². The summed E-state index contributed by atoms with van der Waals surface area (Å²) in [6, 6.07) is 15.6. The van der Waals surface area contributed by atoms with E-state index < -0.39 is 0 Å². The molecule has 0 aliphatic carbocycles. The average Bonchev–Trinajstić information content (AvgIpc) is 2.55. The Morgan fingerprint density at radius 2 is 2.00 bits per heavy atom. The van der Waals surface area contributed by atoms with Crippen LogP contribution in [0.2, 0.25) is 5.02 Å². The molecule has 2 aromatic carbocycles. The number of nitrogens with one attached hydrogen (secondary N) is 1. The lowest BCUT2D eigenvalue weighted by Crippen LogP contribution is -2.29. The van der Waals surface area contributed by atoms with E-state index >= 15 is 0 Å². The summed E-state index contributed by atoms with van der Waals surface area (Å²) in [6.07, 6.45) is 0.977. The predicted octanol–water partition coefficient (Wildman–Crippen LogP) is 4.08. The number of hydrogen-bond acceptors (Lipinski definition) is 2. The fourth-order valence-electron chi connectivity index (χ4n) is 2.51. The van der Waals surface area contributed by atoms with Crippen molar-refractivity contribution in [3.8, 4) is 0 Å². The van der Waals surface area contributed by atoms with Crippen LogP contribution in [0, 0.1) is 6.92 Å². The molecule has 23 heavy (non-hydrogen) atoms. The molecule has 0 saturated heterocycles. The zero-order valence-corrected chi connectivity index (χ0v) is 14.3. The van der Waals surface area contributed by atoms with Gasteiger partial charge in [0.2, 0.25) is 5.91 Å². The smallest absolute Gasteiger partial charge is 0.220 e. The van der Waals surface area contributed by atoms with Gasteiger partial charge in [-0.05, 0) is 42.2 Å². The summed E-state index contributed by atoms with van der Waals surface area (Å²) >= 11 is 5.95. The van der Waals surface area contributed by atoms with Crippen molar-refractivity contribution < 1.29 is 9.53 Å². The Kier molecular flexibility index (Phi) is 6.63. The highest BCUT2D eigenvalue weighted by Crippen LogP contribution is 2.19. The van der Waals surface area contributed by atoms with Crippen LogP contribution in [0.3, 0.4) is 0 Å². The Morgan fingerprint density at radius 3 is 2.70 bits per heavy atom. The van der Waals surface area contributed by atoms with Crippen molar-refractivity contribution >= 4 is 17.5 Å². The Labute approximate surface area is 142 Å². The van der Waals surface area contributed by atoms with Crippen molar-refractivity contribution in [2.45, 2.75) is 25.9 Å². The molecule has 1 N–H and O–H groups in total. The van der Waals surface area contributed by atoms with Crippen LogP contribution in [0.25, 0.3) is 0 Å². The molecule has 0 aliphatic heterocycles. The van der Waals surface area contributed by atoms with Gasteiger partial charge in [0.1, 0.15) is 0 Å². The lowest BCUT2D eigenvalue weighted by molar-refractivity contribution is -0.121. The minimum atomic E-state index is -0.133. The third-order valence-corrected chi connectivity index (χ3v) is 4.07. The second kappa shape index (κ2) is 8.70. The molecule has 0 spiro atoms. The first-order valence-electron chi connectivity index (χ1n) is 7.69. The Bertz CT molecular complexity index is 657. The third-order valence-electron chi connectivity index (χ3n) is 3.83. The Hall–Kier alpha value is -1.84. The van der Waals surface area contributed by atoms with Gasteiger partial charge in [0, 0.05) is 25.1 Å². The van der Waals surface area contributed by atoms with Gasteiger partial charge in [0.25, 0.3) is 0 Å². The minimum absolute atomic E-state index is 0.0145. The summed E-state index contributed by atoms with van der Waals surface area (Å²) in [6.45, 7) is 2.51. The van der Waals surface area contributed by atoms with Crippen LogP contribution in [0.1, 0.15) is 29.2 Å². The average molecular weight is 332 g/mol. The molecule has 0 aromatic heterocycles. The molecule has 3 nitrogen and oxygen atoms in total. The molecular weight excluding hydrogens is 310 g/mol. The van der Waals surface area contributed by atoms with Crippen LogP contribution >= 0.6 is 11.6 Å². The van der Waals surface area contributed by atoms with Crippen LogP contribution in [0.5, 0.6) is 0 Å². The largest absolute Gasteiger partial charge is 0.375 e. The maximum Gasteiger partial charge on any atom is 0.220 e. The zero-order chi connectivity index (χ0) is 16.7. The number of amides is 1. The van der Waals surface area contributed by atoms with E-state index in [9.17, 15) is 4.79 Å². The van der Waals surface area contributed by atoms with E-state index in [1.165, 1.54) is 0 Å². The van der Waals surface area contributed by atoms with Gasteiger partial charge in [0.15, 0.2) is 0 Å². The molecule has 0 fully saturated rings. The van der Waals surface area contributed by atoms with Gasteiger partial charge in [0.05, 0.1) is 6.10 Å². The normalized spacial score (nSPS) is 12.0. The number of carbonyl (C=O) groups is 1. The van der Waals surface area contributed by atoms with Gasteiger partial charge in [-0.3, -0.25) is 4.79 Å². The number of rotatable bonds is 7. The van der Waals surface area contributed by atoms with E-state index in [0.29, 0.717) is 24.4 Å². The summed E-state index contributed by atoms with van der Waals surface area (Å²) in [4.78, 5) is 12.0. The van der Waals surface area contributed by atoms with Gasteiger partial charge >= 0.3 is 0 Å². The first kappa shape index (κ1) is 17.5. The van der Waals surface area contributed by atoms with Crippen LogP contribution in [0.15, 0.2) is 48.5 Å². The molecule has 122 valence electrons. The second-order valence-corrected chi connectivity index (χ2v) is 5.95. The molecule has 1 atom stereocenters. The quantitative estimate of drug-likeness (QED) is 0.830. The molecule has 0 saturated carbocycles. The predicted molar refractivity (Wildman–Crippen MR) is 93.7 cm³/mol. The first-order chi connectivity index (χ1) is 11.1. The Morgan fingerprint density at radius 1 is 1.22 bits per heavy atom. The van der Waals surface area contributed by atoms with Crippen molar-refractivity contribution in [2.75, 3.05) is 13.7 Å². The van der Waals surface area contributed by atoms with Crippen molar-refractivity contribution in [3.63, 3.8) is 0 Å². The maximum atomic E-state index is 12.0. The molecule has 0 unspecified atom stereocenters. The summed E-state index contributed by atoms with van der Waals surface area (Å²) in [7, 11) is 1.66. The van der Waals surface area contributed by atoms with E-state index in [1.807, 2.05) is 55.5 Å². The minimum Gasteiger partial charge on any atom is -0.375 e. The highest BCUT2D eigenvalue weighted by atomic mass is 35.5. The lowest BCUT2D eigenvalue weighted by Gasteiger charge is -2.18. The van der Waals surface area contributed by atoms with E-state index in [-0.39, 0.29) is 12.0 Å². The third kappa shape index (κ3) is 5.38. The number of methoxy groups -OCH3 is 1. The lowest BCUT2D eigenvalue weighted by atomic mass is 10.0. The fraction of sp³-hybridized carbons (Fsp3) is 0.316. The summed E-state index contributed by atoms with van der Waals surface area (Å²) in [5.74, 6) is 0.0145. The van der Waals surface area contributed by atoms with Gasteiger partial charge in [-0.1, -0.05) is 48.0 Å². The van der Waals surface area contributed by atoms with E-state index in [1.54, 1.807) is 7.11 Å². The van der Waals surface area contributed by atoms with Crippen LogP contribution < -0.4 is 5.32 Å². The summed E-state index contributed by atoms with van der Waals surface area (Å²) in [5, 5.41) is 3.64. The van der Waals surface area contributed by atoms with Crippen molar-refractivity contribution in [1.82, 2.24) is 5.32 Å². The molecule has 4 heteroatoms. The van der Waals surface area contributed by atoms with Gasteiger partial charge in [-0.15, -0.1) is 0 Å². The van der Waals surface area contributed by atoms with E-state index in [4.69, 9.17) is 16.3 Å². The highest BCUT2D eigenvalue weighted by Gasteiger charge is 2.13. The second-order valence-electron chi connectivity index (χ2n) is 5.51. The number of benzene rings is 2. The number of carbonyl (C=O) groups excluding carboxylic acids is 1. The standard InChI is InChI=1S/C19H22ClNO2/c1-14-6-3-4-9-17(14)18(23-2)13-21-19(22)11-10-15-7-5-8-16(20)12-15/h3-9,12,18H,10-11,13H2,1-2H3,(H,21,22)/t18-/m1/s1. The van der Waals surface area contributed by atoms with Gasteiger partial charge in [-0.25, -0.2) is 0 Å². The molecule has 1 amide bonds. The highest BCUT2D eigenvalue weighted by molar-refractivity contribution is 6.30. The molecular formula is C19H22ClNO2. The van der Waals surface area contributed by atoms with Crippen LogP contribution in [0.4, 0.5) is 0 Å². The summed E-state index contributed by atoms with van der Waals surface area (Å²) in [5.41, 5.74) is 3.33. The molecule has 2 rings (SSSR count). The maximum absolute atomic E-state index is 12.0. The number of halogens is 1.